The zero-order valence-electron chi connectivity index (χ0n) is 11.7. The number of benzene rings is 2. The predicted octanol–water partition coefficient (Wildman–Crippen LogP) is 2.12. The number of nitro groups is 1. The Morgan fingerprint density at radius 2 is 1.91 bits per heavy atom. The van der Waals surface area contributed by atoms with E-state index in [0.29, 0.717) is 11.0 Å². The number of aliphatic carboxylic acids is 1. The average Bonchev–Trinajstić information content (AvgIpc) is 2.91. The summed E-state index contributed by atoms with van der Waals surface area (Å²) in [6.07, 6.45) is 0. The van der Waals surface area contributed by atoms with Crippen LogP contribution in [0.25, 0.3) is 22.4 Å². The number of hydrogen-bond donors (Lipinski definition) is 1. The summed E-state index contributed by atoms with van der Waals surface area (Å²) in [5.41, 5.74) is 1.19. The largest absolute Gasteiger partial charge is 0.479 e. The molecule has 8 nitrogen and oxygen atoms in total. The van der Waals surface area contributed by atoms with Gasteiger partial charge >= 0.3 is 5.97 Å². The maximum atomic E-state index is 11.2. The van der Waals surface area contributed by atoms with E-state index in [4.69, 9.17) is 9.94 Å². The number of rotatable bonds is 5. The highest BCUT2D eigenvalue weighted by Crippen LogP contribution is 2.30. The summed E-state index contributed by atoms with van der Waals surface area (Å²) in [7, 11) is 0. The lowest BCUT2D eigenvalue weighted by atomic mass is 10.2. The van der Waals surface area contributed by atoms with Crippen molar-refractivity contribution in [2.75, 3.05) is 6.61 Å². The molecule has 0 bridgehead atoms. The van der Waals surface area contributed by atoms with Crippen LogP contribution in [0.5, 0.6) is 0 Å². The van der Waals surface area contributed by atoms with Crippen LogP contribution < -0.4 is 4.84 Å². The van der Waals surface area contributed by atoms with Gasteiger partial charge < -0.3 is 9.94 Å². The lowest BCUT2D eigenvalue weighted by molar-refractivity contribution is -0.384. The summed E-state index contributed by atoms with van der Waals surface area (Å²) in [5.74, 6) is -0.976. The Morgan fingerprint density at radius 3 is 2.65 bits per heavy atom. The molecule has 1 N–H and O–H groups in total. The number of imidazole rings is 1. The third-order valence-corrected chi connectivity index (χ3v) is 3.18. The highest BCUT2D eigenvalue weighted by Gasteiger charge is 2.22. The van der Waals surface area contributed by atoms with Crippen molar-refractivity contribution in [3.63, 3.8) is 0 Å². The van der Waals surface area contributed by atoms with Crippen molar-refractivity contribution in [2.45, 2.75) is 0 Å². The minimum Gasteiger partial charge on any atom is -0.479 e. The molecule has 3 aromatic rings. The molecule has 0 unspecified atom stereocenters. The SMILES string of the molecule is O=C(O)COn1c(-c2ccccc2[N+](=O)[O-])nc2ccccc21. The van der Waals surface area contributed by atoms with Gasteiger partial charge in [-0.3, -0.25) is 10.1 Å². The van der Waals surface area contributed by atoms with E-state index in [9.17, 15) is 14.9 Å². The van der Waals surface area contributed by atoms with Crippen molar-refractivity contribution in [1.82, 2.24) is 9.71 Å². The molecule has 3 rings (SSSR count). The van der Waals surface area contributed by atoms with Gasteiger partial charge in [-0.05, 0) is 18.2 Å². The third kappa shape index (κ3) is 2.69. The average molecular weight is 313 g/mol. The van der Waals surface area contributed by atoms with Gasteiger partial charge in [0.05, 0.1) is 16.0 Å². The fourth-order valence-electron chi connectivity index (χ4n) is 2.25. The number of hydrogen-bond acceptors (Lipinski definition) is 5. The second-order valence-electron chi connectivity index (χ2n) is 4.66. The minimum absolute atomic E-state index is 0.136. The van der Waals surface area contributed by atoms with Crippen LogP contribution in [0, 0.1) is 10.1 Å². The first-order chi connectivity index (χ1) is 11.1. The number of para-hydroxylation sites is 3. The molecule has 0 saturated heterocycles. The van der Waals surface area contributed by atoms with E-state index < -0.39 is 17.5 Å². The monoisotopic (exact) mass is 313 g/mol. The molecule has 1 aromatic heterocycles. The molecule has 2 aromatic carbocycles. The van der Waals surface area contributed by atoms with Crippen LogP contribution in [-0.2, 0) is 4.79 Å². The number of fused-ring (bicyclic) bond motifs is 1. The molecule has 0 radical (unpaired) electrons. The van der Waals surface area contributed by atoms with E-state index in [1.165, 1.54) is 10.8 Å². The van der Waals surface area contributed by atoms with Crippen molar-refractivity contribution < 1.29 is 19.7 Å². The van der Waals surface area contributed by atoms with Gasteiger partial charge in [-0.15, -0.1) is 0 Å². The lowest BCUT2D eigenvalue weighted by Crippen LogP contribution is -2.20. The van der Waals surface area contributed by atoms with Gasteiger partial charge in [-0.1, -0.05) is 24.3 Å². The second-order valence-corrected chi connectivity index (χ2v) is 4.66. The molecule has 0 aliphatic rings. The van der Waals surface area contributed by atoms with Gasteiger partial charge in [0, 0.05) is 6.07 Å². The summed E-state index contributed by atoms with van der Waals surface area (Å²) in [6, 6.07) is 13.0. The maximum Gasteiger partial charge on any atom is 0.344 e. The van der Waals surface area contributed by atoms with Gasteiger partial charge in [0.25, 0.3) is 5.69 Å². The number of nitrogens with zero attached hydrogens (tertiary/aromatic N) is 3. The minimum atomic E-state index is -1.16. The van der Waals surface area contributed by atoms with E-state index >= 15 is 0 Å². The molecule has 0 spiro atoms. The number of nitro benzene ring substituents is 1. The van der Waals surface area contributed by atoms with Gasteiger partial charge in [0.1, 0.15) is 5.52 Å². The standard InChI is InChI=1S/C15H11N3O5/c19-14(20)9-23-17-13-8-4-2-6-11(13)16-15(17)10-5-1-3-7-12(10)18(21)22/h1-8H,9H2,(H,19,20). The van der Waals surface area contributed by atoms with Crippen LogP contribution in [0.3, 0.4) is 0 Å². The first kappa shape index (κ1) is 14.5. The molecule has 0 fully saturated rings. The maximum absolute atomic E-state index is 11.2. The normalized spacial score (nSPS) is 10.6. The Labute approximate surface area is 129 Å². The lowest BCUT2D eigenvalue weighted by Gasteiger charge is -2.09. The van der Waals surface area contributed by atoms with Crippen LogP contribution in [0.1, 0.15) is 0 Å². The zero-order chi connectivity index (χ0) is 16.4. The van der Waals surface area contributed by atoms with Crippen molar-refractivity contribution in [3.8, 4) is 11.4 Å². The Bertz CT molecular complexity index is 903. The summed E-state index contributed by atoms with van der Waals surface area (Å²) in [5, 5.41) is 20.0. The van der Waals surface area contributed by atoms with Crippen LogP contribution in [0.2, 0.25) is 0 Å². The fourth-order valence-corrected chi connectivity index (χ4v) is 2.25. The molecule has 116 valence electrons. The highest BCUT2D eigenvalue weighted by molar-refractivity contribution is 5.82. The molecule has 0 amide bonds. The summed E-state index contributed by atoms with van der Waals surface area (Å²) >= 11 is 0. The van der Waals surface area contributed by atoms with Crippen LogP contribution >= 0.6 is 0 Å². The molecule has 0 aliphatic heterocycles. The van der Waals surface area contributed by atoms with Crippen molar-refractivity contribution in [2.24, 2.45) is 0 Å². The Hall–Kier alpha value is -3.42. The first-order valence-corrected chi connectivity index (χ1v) is 6.64. The third-order valence-electron chi connectivity index (χ3n) is 3.18. The van der Waals surface area contributed by atoms with Crippen molar-refractivity contribution in [3.05, 3.63) is 58.6 Å². The fraction of sp³-hybridized carbons (Fsp3) is 0.0667. The predicted molar refractivity (Wildman–Crippen MR) is 80.9 cm³/mol. The van der Waals surface area contributed by atoms with Gasteiger partial charge in [-0.2, -0.15) is 4.73 Å². The van der Waals surface area contributed by atoms with Crippen molar-refractivity contribution in [1.29, 1.82) is 0 Å². The number of carbonyl (C=O) groups is 1. The smallest absolute Gasteiger partial charge is 0.344 e. The molecule has 0 atom stereocenters. The number of carboxylic acids is 1. The molecule has 0 saturated carbocycles. The summed E-state index contributed by atoms with van der Waals surface area (Å²) < 4.78 is 1.21. The molecule has 0 aliphatic carbocycles. The molecule has 23 heavy (non-hydrogen) atoms. The molecular weight excluding hydrogens is 302 g/mol. The molecule has 1 heterocycles. The number of aromatic nitrogens is 2. The topological polar surface area (TPSA) is 107 Å². The Balaban J connectivity index is 2.22. The van der Waals surface area contributed by atoms with E-state index in [-0.39, 0.29) is 17.1 Å². The summed E-state index contributed by atoms with van der Waals surface area (Å²) in [4.78, 5) is 31.1. The van der Waals surface area contributed by atoms with E-state index in [2.05, 4.69) is 4.98 Å². The Morgan fingerprint density at radius 1 is 1.22 bits per heavy atom. The van der Waals surface area contributed by atoms with Crippen LogP contribution in [-0.4, -0.2) is 32.3 Å². The van der Waals surface area contributed by atoms with Crippen LogP contribution in [0.15, 0.2) is 48.5 Å². The number of carboxylic acid groups (broad SMARTS) is 1. The van der Waals surface area contributed by atoms with Crippen LogP contribution in [0.4, 0.5) is 5.69 Å². The van der Waals surface area contributed by atoms with E-state index in [1.807, 2.05) is 0 Å². The van der Waals surface area contributed by atoms with E-state index in [0.717, 1.165) is 0 Å². The molecular formula is C15H11N3O5. The zero-order valence-corrected chi connectivity index (χ0v) is 11.7. The highest BCUT2D eigenvalue weighted by atomic mass is 16.7. The summed E-state index contributed by atoms with van der Waals surface area (Å²) in [6.45, 7) is -0.589. The van der Waals surface area contributed by atoms with Crippen molar-refractivity contribution >= 4 is 22.7 Å². The van der Waals surface area contributed by atoms with E-state index in [1.54, 1.807) is 42.5 Å². The van der Waals surface area contributed by atoms with Gasteiger partial charge in [0.15, 0.2) is 5.82 Å². The quantitative estimate of drug-likeness (QED) is 0.571. The second kappa shape index (κ2) is 5.76. The Kier molecular flexibility index (Phi) is 3.63. The van der Waals surface area contributed by atoms with Gasteiger partial charge in [0.2, 0.25) is 6.61 Å². The first-order valence-electron chi connectivity index (χ1n) is 6.64. The van der Waals surface area contributed by atoms with Gasteiger partial charge in [-0.25, -0.2) is 9.78 Å². The molecule has 8 heteroatoms.